The van der Waals surface area contributed by atoms with Crippen molar-refractivity contribution in [2.45, 2.75) is 13.0 Å². The summed E-state index contributed by atoms with van der Waals surface area (Å²) in [6, 6.07) is 8.21. The molecule has 10 heteroatoms. The minimum Gasteiger partial charge on any atom is -0.453 e. The molecule has 0 unspecified atom stereocenters. The van der Waals surface area contributed by atoms with Gasteiger partial charge in [0.15, 0.2) is 5.82 Å². The Bertz CT molecular complexity index is 972. The number of carbonyl (C=O) groups excluding carboxylic acids is 2. The second-order valence-electron chi connectivity index (χ2n) is 5.68. The number of benzene rings is 1. The van der Waals surface area contributed by atoms with Crippen molar-refractivity contribution in [2.75, 3.05) is 17.7 Å². The van der Waals surface area contributed by atoms with Crippen molar-refractivity contribution in [3.8, 4) is 0 Å². The first-order valence-electron chi connectivity index (χ1n) is 7.98. The maximum Gasteiger partial charge on any atom is 0.412 e. The number of urea groups is 1. The highest BCUT2D eigenvalue weighted by Crippen LogP contribution is 2.22. The number of nitrogens with zero attached hydrogens (tertiary/aromatic N) is 2. The lowest BCUT2D eigenvalue weighted by molar-refractivity contribution is 0.187. The van der Waals surface area contributed by atoms with Crippen LogP contribution in [0.2, 0.25) is 5.02 Å². The zero-order chi connectivity index (χ0) is 19.4. The zero-order valence-corrected chi connectivity index (χ0v) is 15.3. The van der Waals surface area contributed by atoms with Crippen molar-refractivity contribution < 1.29 is 14.3 Å². The Balaban J connectivity index is 1.66. The van der Waals surface area contributed by atoms with Crippen molar-refractivity contribution >= 4 is 46.3 Å². The van der Waals surface area contributed by atoms with Gasteiger partial charge in [-0.1, -0.05) is 23.7 Å². The molecular formula is C17H17ClN6O3. The highest BCUT2D eigenvalue weighted by molar-refractivity contribution is 6.30. The maximum absolute atomic E-state index is 12.2. The fourth-order valence-electron chi connectivity index (χ4n) is 2.41. The van der Waals surface area contributed by atoms with Gasteiger partial charge in [0.25, 0.3) is 0 Å². The van der Waals surface area contributed by atoms with Crippen molar-refractivity contribution in [1.29, 1.82) is 0 Å². The van der Waals surface area contributed by atoms with Crippen LogP contribution in [-0.2, 0) is 4.74 Å². The van der Waals surface area contributed by atoms with E-state index in [-0.39, 0.29) is 11.9 Å². The van der Waals surface area contributed by atoms with Crippen LogP contribution in [-0.4, -0.2) is 34.4 Å². The van der Waals surface area contributed by atoms with Gasteiger partial charge in [0.1, 0.15) is 5.82 Å². The second-order valence-corrected chi connectivity index (χ2v) is 6.11. The van der Waals surface area contributed by atoms with E-state index in [2.05, 4.69) is 35.9 Å². The summed E-state index contributed by atoms with van der Waals surface area (Å²) in [7, 11) is 1.26. The van der Waals surface area contributed by atoms with Crippen LogP contribution >= 0.6 is 11.6 Å². The van der Waals surface area contributed by atoms with Crippen molar-refractivity contribution in [3.63, 3.8) is 0 Å². The standard InChI is InChI=1S/C17H17ClN6O3/c1-9(10-3-5-11(18)6-4-10)20-16(25)21-14-7-13-12(8-19-14)15(24-23-13)22-17(26)27-2/h3-9H,1-2H3,(H2,19,20,21,25)(H2,22,23,24,26)/t9-/m1/s1. The van der Waals surface area contributed by atoms with Gasteiger partial charge in [0, 0.05) is 17.3 Å². The average Bonchev–Trinajstić information content (AvgIpc) is 3.04. The lowest BCUT2D eigenvalue weighted by Crippen LogP contribution is -2.31. The fourth-order valence-corrected chi connectivity index (χ4v) is 2.53. The molecule has 1 atom stereocenters. The number of aromatic nitrogens is 3. The van der Waals surface area contributed by atoms with Crippen LogP contribution in [0, 0.1) is 0 Å². The number of aromatic amines is 1. The molecule has 27 heavy (non-hydrogen) atoms. The third kappa shape index (κ3) is 4.45. The summed E-state index contributed by atoms with van der Waals surface area (Å²) in [5.74, 6) is 0.619. The van der Waals surface area contributed by atoms with Gasteiger partial charge in [-0.25, -0.2) is 14.6 Å². The molecule has 0 aliphatic carbocycles. The third-order valence-electron chi connectivity index (χ3n) is 3.81. The Morgan fingerprint density at radius 2 is 1.96 bits per heavy atom. The zero-order valence-electron chi connectivity index (χ0n) is 14.5. The summed E-state index contributed by atoms with van der Waals surface area (Å²) >= 11 is 5.87. The van der Waals surface area contributed by atoms with E-state index in [0.29, 0.717) is 21.7 Å². The molecule has 0 saturated heterocycles. The monoisotopic (exact) mass is 388 g/mol. The van der Waals surface area contributed by atoms with Gasteiger partial charge in [-0.2, -0.15) is 5.10 Å². The van der Waals surface area contributed by atoms with Gasteiger partial charge < -0.3 is 10.1 Å². The van der Waals surface area contributed by atoms with Crippen LogP contribution in [0.5, 0.6) is 0 Å². The van der Waals surface area contributed by atoms with E-state index in [1.807, 2.05) is 19.1 Å². The summed E-state index contributed by atoms with van der Waals surface area (Å²) in [6.45, 7) is 1.86. The lowest BCUT2D eigenvalue weighted by Gasteiger charge is -2.15. The van der Waals surface area contributed by atoms with Crippen LogP contribution < -0.4 is 16.0 Å². The molecule has 0 fully saturated rings. The van der Waals surface area contributed by atoms with E-state index < -0.39 is 12.1 Å². The highest BCUT2D eigenvalue weighted by atomic mass is 35.5. The average molecular weight is 389 g/mol. The fraction of sp³-hybridized carbons (Fsp3) is 0.176. The quantitative estimate of drug-likeness (QED) is 0.543. The minimum atomic E-state index is -0.638. The minimum absolute atomic E-state index is 0.214. The molecule has 1 aromatic carbocycles. The number of rotatable bonds is 4. The van der Waals surface area contributed by atoms with Crippen LogP contribution in [0.15, 0.2) is 36.5 Å². The van der Waals surface area contributed by atoms with E-state index in [4.69, 9.17) is 11.6 Å². The largest absolute Gasteiger partial charge is 0.453 e. The van der Waals surface area contributed by atoms with Crippen LogP contribution in [0.3, 0.4) is 0 Å². The molecule has 9 nitrogen and oxygen atoms in total. The SMILES string of the molecule is COC(=O)Nc1n[nH]c2cc(NC(=O)N[C@H](C)c3ccc(Cl)cc3)ncc12. The molecule has 0 aliphatic heterocycles. The molecule has 0 spiro atoms. The van der Waals surface area contributed by atoms with Gasteiger partial charge in [-0.3, -0.25) is 15.7 Å². The summed E-state index contributed by atoms with van der Waals surface area (Å²) in [6.07, 6.45) is 0.851. The Morgan fingerprint density at radius 3 is 2.67 bits per heavy atom. The van der Waals surface area contributed by atoms with Crippen LogP contribution in [0.25, 0.3) is 10.9 Å². The summed E-state index contributed by atoms with van der Waals surface area (Å²) < 4.78 is 4.53. The van der Waals surface area contributed by atoms with Gasteiger partial charge in [-0.05, 0) is 24.6 Å². The smallest absolute Gasteiger partial charge is 0.412 e. The predicted molar refractivity (Wildman–Crippen MR) is 102 cm³/mol. The van der Waals surface area contributed by atoms with E-state index >= 15 is 0 Å². The molecule has 140 valence electrons. The van der Waals surface area contributed by atoms with Crippen LogP contribution in [0.1, 0.15) is 18.5 Å². The number of amides is 3. The number of methoxy groups -OCH3 is 1. The molecule has 0 saturated carbocycles. The molecule has 2 aromatic heterocycles. The van der Waals surface area contributed by atoms with Crippen molar-refractivity contribution in [2.24, 2.45) is 0 Å². The topological polar surface area (TPSA) is 121 Å². The normalized spacial score (nSPS) is 11.7. The molecule has 3 rings (SSSR count). The molecule has 0 bridgehead atoms. The first kappa shape index (κ1) is 18.5. The molecule has 0 radical (unpaired) electrons. The van der Waals surface area contributed by atoms with Gasteiger partial charge >= 0.3 is 12.1 Å². The number of hydrogen-bond donors (Lipinski definition) is 4. The highest BCUT2D eigenvalue weighted by Gasteiger charge is 2.13. The first-order chi connectivity index (χ1) is 13.0. The summed E-state index contributed by atoms with van der Waals surface area (Å²) in [5.41, 5.74) is 1.52. The summed E-state index contributed by atoms with van der Waals surface area (Å²) in [4.78, 5) is 27.7. The molecule has 0 aliphatic rings. The Kier molecular flexibility index (Phi) is 5.41. The number of fused-ring (bicyclic) bond motifs is 1. The van der Waals surface area contributed by atoms with E-state index in [1.165, 1.54) is 13.3 Å². The Labute approximate surface area is 159 Å². The van der Waals surface area contributed by atoms with Crippen molar-refractivity contribution in [1.82, 2.24) is 20.5 Å². The molecule has 2 heterocycles. The third-order valence-corrected chi connectivity index (χ3v) is 4.06. The molecular weight excluding hydrogens is 372 g/mol. The molecule has 3 aromatic rings. The lowest BCUT2D eigenvalue weighted by atomic mass is 10.1. The number of pyridine rings is 1. The van der Waals surface area contributed by atoms with Gasteiger partial charge in [-0.15, -0.1) is 0 Å². The predicted octanol–water partition coefficient (Wildman–Crippen LogP) is 3.67. The summed E-state index contributed by atoms with van der Waals surface area (Å²) in [5, 5.41) is 15.9. The van der Waals surface area contributed by atoms with E-state index in [1.54, 1.807) is 18.2 Å². The number of halogens is 1. The maximum atomic E-state index is 12.2. The van der Waals surface area contributed by atoms with Gasteiger partial charge in [0.2, 0.25) is 0 Å². The van der Waals surface area contributed by atoms with E-state index in [0.717, 1.165) is 5.56 Å². The number of H-pyrrole nitrogens is 1. The van der Waals surface area contributed by atoms with Crippen molar-refractivity contribution in [3.05, 3.63) is 47.1 Å². The number of carbonyl (C=O) groups is 2. The Morgan fingerprint density at radius 1 is 1.22 bits per heavy atom. The Hall–Kier alpha value is -3.33. The number of nitrogens with one attached hydrogen (secondary N) is 4. The number of ether oxygens (including phenoxy) is 1. The van der Waals surface area contributed by atoms with Gasteiger partial charge in [0.05, 0.1) is 24.1 Å². The molecule has 4 N–H and O–H groups in total. The van der Waals surface area contributed by atoms with E-state index in [9.17, 15) is 9.59 Å². The number of hydrogen-bond acceptors (Lipinski definition) is 5. The number of anilines is 2. The molecule has 3 amide bonds. The first-order valence-corrected chi connectivity index (χ1v) is 8.36. The van der Waals surface area contributed by atoms with Crippen LogP contribution in [0.4, 0.5) is 21.2 Å². The second kappa shape index (κ2) is 7.92.